The molecule has 5 rings (SSSR count). The molecule has 4 amide bonds. The lowest BCUT2D eigenvalue weighted by Gasteiger charge is -2.31. The van der Waals surface area contributed by atoms with Gasteiger partial charge in [0, 0.05) is 36.3 Å². The number of carbonyl (C=O) groups excluding carboxylic acids is 3. The van der Waals surface area contributed by atoms with Crippen LogP contribution in [0.25, 0.3) is 17.0 Å². The molecule has 0 radical (unpaired) electrons. The Kier molecular flexibility index (Phi) is 5.11. The van der Waals surface area contributed by atoms with Crippen LogP contribution in [0.1, 0.15) is 11.1 Å². The Bertz CT molecular complexity index is 1400. The van der Waals surface area contributed by atoms with Crippen LogP contribution in [0.3, 0.4) is 0 Å². The van der Waals surface area contributed by atoms with Crippen LogP contribution in [0, 0.1) is 0 Å². The van der Waals surface area contributed by atoms with Gasteiger partial charge in [-0.3, -0.25) is 14.5 Å². The van der Waals surface area contributed by atoms with Crippen LogP contribution in [0.2, 0.25) is 0 Å². The highest BCUT2D eigenvalue weighted by Gasteiger charge is 2.41. The van der Waals surface area contributed by atoms with E-state index in [2.05, 4.69) is 16.7 Å². The van der Waals surface area contributed by atoms with Crippen molar-refractivity contribution in [3.63, 3.8) is 0 Å². The average molecular weight is 435 g/mol. The highest BCUT2D eigenvalue weighted by molar-refractivity contribution is 6.39. The quantitative estimate of drug-likeness (QED) is 0.345. The molecule has 0 aliphatic carbocycles. The van der Waals surface area contributed by atoms with Crippen LogP contribution >= 0.6 is 0 Å². The van der Waals surface area contributed by atoms with E-state index in [1.54, 1.807) is 36.4 Å². The maximum absolute atomic E-state index is 13.3. The molecule has 4 aromatic rings. The first kappa shape index (κ1) is 20.5. The molecule has 0 spiro atoms. The summed E-state index contributed by atoms with van der Waals surface area (Å²) in [7, 11) is 1.39. The number of barbiturate groups is 1. The van der Waals surface area contributed by atoms with Gasteiger partial charge in [0.1, 0.15) is 5.57 Å². The smallest absolute Gasteiger partial charge is 0.338 e. The van der Waals surface area contributed by atoms with Crippen LogP contribution in [-0.2, 0) is 16.1 Å². The minimum atomic E-state index is -0.667. The lowest BCUT2D eigenvalue weighted by Crippen LogP contribution is -2.55. The Labute approximate surface area is 191 Å². The number of carbonyl (C=O) groups is 3. The summed E-state index contributed by atoms with van der Waals surface area (Å²) in [5.41, 5.74) is 3.25. The number of fused-ring (bicyclic) bond motifs is 1. The molecule has 0 bridgehead atoms. The van der Waals surface area contributed by atoms with E-state index >= 15 is 0 Å². The minimum Gasteiger partial charge on any atom is -0.342 e. The zero-order valence-electron chi connectivity index (χ0n) is 18.0. The molecule has 0 atom stereocenters. The molecule has 0 unspecified atom stereocenters. The molecular formula is C27H21N3O3. The van der Waals surface area contributed by atoms with E-state index < -0.39 is 17.8 Å². The molecule has 33 heavy (non-hydrogen) atoms. The van der Waals surface area contributed by atoms with Crippen molar-refractivity contribution in [2.24, 2.45) is 0 Å². The Hall–Kier alpha value is -4.45. The monoisotopic (exact) mass is 435 g/mol. The lowest BCUT2D eigenvalue weighted by molar-refractivity contribution is -0.128. The topological polar surface area (TPSA) is 62.6 Å². The number of hydrogen-bond acceptors (Lipinski definition) is 3. The number of benzene rings is 3. The Balaban J connectivity index is 1.60. The van der Waals surface area contributed by atoms with Crippen molar-refractivity contribution in [2.75, 3.05) is 11.9 Å². The van der Waals surface area contributed by atoms with Crippen molar-refractivity contribution in [1.82, 2.24) is 9.47 Å². The molecule has 0 N–H and O–H groups in total. The standard InChI is InChI=1S/C27H21N3O3/c1-28-25(31)23(26(32)30(27(28)33)21-12-6-3-7-13-21)16-20-18-29(17-19-10-4-2-5-11-19)24-15-9-8-14-22(20)24/h2-16,18H,17H2,1H3/b23-16-. The number of aromatic nitrogens is 1. The Morgan fingerprint density at radius 3 is 2.12 bits per heavy atom. The summed E-state index contributed by atoms with van der Waals surface area (Å²) in [6.07, 6.45) is 3.53. The molecule has 1 aliphatic rings. The summed E-state index contributed by atoms with van der Waals surface area (Å²) in [5.74, 6) is -1.24. The maximum atomic E-state index is 13.3. The van der Waals surface area contributed by atoms with E-state index in [4.69, 9.17) is 0 Å². The van der Waals surface area contributed by atoms with Crippen LogP contribution in [0.4, 0.5) is 10.5 Å². The first-order valence-electron chi connectivity index (χ1n) is 10.6. The van der Waals surface area contributed by atoms with Gasteiger partial charge in [-0.15, -0.1) is 0 Å². The minimum absolute atomic E-state index is 0.0523. The van der Waals surface area contributed by atoms with Gasteiger partial charge in [-0.25, -0.2) is 9.69 Å². The van der Waals surface area contributed by atoms with E-state index in [0.29, 0.717) is 12.2 Å². The second-order valence-corrected chi connectivity index (χ2v) is 7.90. The molecule has 0 saturated carbocycles. The number of anilines is 1. The second-order valence-electron chi connectivity index (χ2n) is 7.90. The van der Waals surface area contributed by atoms with E-state index in [-0.39, 0.29) is 5.57 Å². The fourth-order valence-corrected chi connectivity index (χ4v) is 4.10. The molecule has 2 heterocycles. The average Bonchev–Trinajstić information content (AvgIpc) is 3.19. The molecule has 1 saturated heterocycles. The summed E-state index contributed by atoms with van der Waals surface area (Å²) in [6, 6.07) is 25.9. The SMILES string of the molecule is CN1C(=O)/C(=C/c2cn(Cc3ccccc3)c3ccccc23)C(=O)N(c2ccccc2)C1=O. The van der Waals surface area contributed by atoms with Gasteiger partial charge < -0.3 is 4.57 Å². The first-order chi connectivity index (χ1) is 16.0. The van der Waals surface area contributed by atoms with E-state index in [1.165, 1.54) is 7.05 Å². The summed E-state index contributed by atoms with van der Waals surface area (Å²) in [4.78, 5) is 41.0. The van der Waals surface area contributed by atoms with Crippen LogP contribution in [0.5, 0.6) is 0 Å². The van der Waals surface area contributed by atoms with Crippen molar-refractivity contribution < 1.29 is 14.4 Å². The number of likely N-dealkylation sites (N-methyl/N-ethyl adjacent to an activating group) is 1. The third kappa shape index (κ3) is 3.61. The normalized spacial score (nSPS) is 15.7. The highest BCUT2D eigenvalue weighted by atomic mass is 16.2. The van der Waals surface area contributed by atoms with Crippen molar-refractivity contribution in [1.29, 1.82) is 0 Å². The van der Waals surface area contributed by atoms with Gasteiger partial charge in [0.2, 0.25) is 0 Å². The van der Waals surface area contributed by atoms with Crippen molar-refractivity contribution in [2.45, 2.75) is 6.54 Å². The Morgan fingerprint density at radius 2 is 1.39 bits per heavy atom. The fraction of sp³-hybridized carbons (Fsp3) is 0.0741. The molecular weight excluding hydrogens is 414 g/mol. The van der Waals surface area contributed by atoms with Gasteiger partial charge in [0.15, 0.2) is 0 Å². The number of para-hydroxylation sites is 2. The van der Waals surface area contributed by atoms with Crippen molar-refractivity contribution >= 4 is 40.5 Å². The van der Waals surface area contributed by atoms with E-state index in [1.807, 2.05) is 48.7 Å². The molecule has 162 valence electrons. The van der Waals surface area contributed by atoms with Crippen LogP contribution < -0.4 is 4.90 Å². The number of hydrogen-bond donors (Lipinski definition) is 0. The molecule has 6 heteroatoms. The van der Waals surface area contributed by atoms with Crippen LogP contribution in [-0.4, -0.2) is 34.4 Å². The van der Waals surface area contributed by atoms with Gasteiger partial charge in [0.05, 0.1) is 5.69 Å². The molecule has 1 fully saturated rings. The molecule has 3 aromatic carbocycles. The van der Waals surface area contributed by atoms with E-state index in [9.17, 15) is 14.4 Å². The predicted molar refractivity (Wildman–Crippen MR) is 128 cm³/mol. The second kappa shape index (κ2) is 8.24. The number of imide groups is 2. The first-order valence-corrected chi connectivity index (χ1v) is 10.6. The molecule has 6 nitrogen and oxygen atoms in total. The van der Waals surface area contributed by atoms with Gasteiger partial charge in [0.25, 0.3) is 11.8 Å². The number of urea groups is 1. The summed E-state index contributed by atoms with van der Waals surface area (Å²) in [5, 5.41) is 0.923. The van der Waals surface area contributed by atoms with Gasteiger partial charge >= 0.3 is 6.03 Å². The maximum Gasteiger partial charge on any atom is 0.338 e. The number of nitrogens with zero attached hydrogens (tertiary/aromatic N) is 3. The van der Waals surface area contributed by atoms with E-state index in [0.717, 1.165) is 31.8 Å². The number of amides is 4. The largest absolute Gasteiger partial charge is 0.342 e. The predicted octanol–water partition coefficient (Wildman–Crippen LogP) is 4.70. The Morgan fingerprint density at radius 1 is 0.758 bits per heavy atom. The number of rotatable bonds is 4. The van der Waals surface area contributed by atoms with Gasteiger partial charge in [-0.1, -0.05) is 66.7 Å². The molecule has 1 aliphatic heterocycles. The molecule has 1 aromatic heterocycles. The van der Waals surface area contributed by atoms with Crippen molar-refractivity contribution in [3.8, 4) is 0 Å². The zero-order valence-corrected chi connectivity index (χ0v) is 18.0. The van der Waals surface area contributed by atoms with Crippen LogP contribution in [0.15, 0.2) is 96.7 Å². The highest BCUT2D eigenvalue weighted by Crippen LogP contribution is 2.28. The zero-order chi connectivity index (χ0) is 22.9. The van der Waals surface area contributed by atoms with Gasteiger partial charge in [-0.05, 0) is 29.8 Å². The summed E-state index contributed by atoms with van der Waals surface area (Å²) >= 11 is 0. The third-order valence-electron chi connectivity index (χ3n) is 5.78. The fourth-order valence-electron chi connectivity index (χ4n) is 4.10. The third-order valence-corrected chi connectivity index (χ3v) is 5.78. The summed E-state index contributed by atoms with van der Waals surface area (Å²) in [6.45, 7) is 0.654. The lowest BCUT2D eigenvalue weighted by atomic mass is 10.1. The van der Waals surface area contributed by atoms with Crippen molar-refractivity contribution in [3.05, 3.63) is 108 Å². The summed E-state index contributed by atoms with van der Waals surface area (Å²) < 4.78 is 2.10. The van der Waals surface area contributed by atoms with Gasteiger partial charge in [-0.2, -0.15) is 0 Å².